The number of carboxylic acids is 1. The van der Waals surface area contributed by atoms with Crippen molar-refractivity contribution in [3.05, 3.63) is 0 Å². The van der Waals surface area contributed by atoms with E-state index in [2.05, 4.69) is 0 Å². The van der Waals surface area contributed by atoms with Crippen LogP contribution in [-0.4, -0.2) is 69.2 Å². The molecule has 0 unspecified atom stereocenters. The summed E-state index contributed by atoms with van der Waals surface area (Å²) in [5.74, 6) is -0.933. The van der Waals surface area contributed by atoms with E-state index in [1.54, 1.807) is 4.90 Å². The molecule has 1 aliphatic heterocycles. The summed E-state index contributed by atoms with van der Waals surface area (Å²) in [4.78, 5) is 11.9. The molecule has 6 heteroatoms. The minimum absolute atomic E-state index is 0.0596. The molecule has 14 heavy (non-hydrogen) atoms. The monoisotopic (exact) mass is 205 g/mol. The lowest BCUT2D eigenvalue weighted by atomic mass is 10.1. The summed E-state index contributed by atoms with van der Waals surface area (Å²) in [5, 5.41) is 36.1. The molecule has 0 aromatic rings. The molecular weight excluding hydrogens is 190 g/mol. The standard InChI is InChI=1S/C8H15NO5/c10-4-5-8(14)6(11)3-9(5)2-1-7(12)13/h5-6,8,10-11,14H,1-4H2,(H,12,13)/t5-,6-,8-/m1/s1. The van der Waals surface area contributed by atoms with Gasteiger partial charge in [-0.2, -0.15) is 0 Å². The van der Waals surface area contributed by atoms with E-state index in [0.29, 0.717) is 0 Å². The minimum atomic E-state index is -0.992. The van der Waals surface area contributed by atoms with Crippen LogP contribution < -0.4 is 0 Å². The molecule has 0 aromatic carbocycles. The molecule has 1 fully saturated rings. The maximum Gasteiger partial charge on any atom is 0.304 e. The molecule has 0 saturated carbocycles. The van der Waals surface area contributed by atoms with Crippen molar-refractivity contribution in [3.8, 4) is 0 Å². The Morgan fingerprint density at radius 1 is 1.43 bits per heavy atom. The zero-order valence-electron chi connectivity index (χ0n) is 7.70. The van der Waals surface area contributed by atoms with E-state index in [1.807, 2.05) is 0 Å². The topological polar surface area (TPSA) is 101 Å². The van der Waals surface area contributed by atoms with Gasteiger partial charge in [-0.05, 0) is 0 Å². The molecule has 0 amide bonds. The summed E-state index contributed by atoms with van der Waals surface area (Å²) in [5.41, 5.74) is 0. The number of carbonyl (C=O) groups is 1. The molecule has 1 heterocycles. The lowest BCUT2D eigenvalue weighted by Crippen LogP contribution is -2.39. The summed E-state index contributed by atoms with van der Waals surface area (Å²) >= 11 is 0. The minimum Gasteiger partial charge on any atom is -0.481 e. The number of aliphatic hydroxyl groups excluding tert-OH is 3. The summed E-state index contributed by atoms with van der Waals surface area (Å²) in [7, 11) is 0. The van der Waals surface area contributed by atoms with Gasteiger partial charge in [0.25, 0.3) is 0 Å². The number of nitrogens with zero attached hydrogens (tertiary/aromatic N) is 1. The van der Waals surface area contributed by atoms with Crippen LogP contribution in [0.25, 0.3) is 0 Å². The van der Waals surface area contributed by atoms with E-state index in [4.69, 9.17) is 10.2 Å². The molecule has 0 bridgehead atoms. The highest BCUT2D eigenvalue weighted by atomic mass is 16.4. The van der Waals surface area contributed by atoms with E-state index in [0.717, 1.165) is 0 Å². The van der Waals surface area contributed by atoms with E-state index in [1.165, 1.54) is 0 Å². The first-order valence-corrected chi connectivity index (χ1v) is 4.49. The molecule has 1 saturated heterocycles. The number of likely N-dealkylation sites (tertiary alicyclic amines) is 1. The van der Waals surface area contributed by atoms with Gasteiger partial charge in [0, 0.05) is 13.1 Å². The molecule has 82 valence electrons. The average molecular weight is 205 g/mol. The molecular formula is C8H15NO5. The zero-order chi connectivity index (χ0) is 10.7. The molecule has 0 aliphatic carbocycles. The molecule has 6 nitrogen and oxygen atoms in total. The second-order valence-corrected chi connectivity index (χ2v) is 3.45. The van der Waals surface area contributed by atoms with E-state index in [9.17, 15) is 15.0 Å². The SMILES string of the molecule is O=C(O)CCN1C[C@@H](O)[C@H](O)[C@H]1CO. The normalized spacial score (nSPS) is 33.5. The first-order chi connectivity index (χ1) is 6.56. The Balaban J connectivity index is 2.48. The van der Waals surface area contributed by atoms with Crippen molar-refractivity contribution >= 4 is 5.97 Å². The highest BCUT2D eigenvalue weighted by Gasteiger charge is 2.38. The largest absolute Gasteiger partial charge is 0.481 e. The lowest BCUT2D eigenvalue weighted by Gasteiger charge is -2.22. The fourth-order valence-electron chi connectivity index (χ4n) is 1.68. The fourth-order valence-corrected chi connectivity index (χ4v) is 1.68. The molecule has 4 N–H and O–H groups in total. The van der Waals surface area contributed by atoms with E-state index in [-0.39, 0.29) is 26.1 Å². The number of rotatable bonds is 4. The van der Waals surface area contributed by atoms with Crippen molar-refractivity contribution in [1.29, 1.82) is 0 Å². The molecule has 0 radical (unpaired) electrons. The number of hydrogen-bond donors (Lipinski definition) is 4. The smallest absolute Gasteiger partial charge is 0.304 e. The first kappa shape index (κ1) is 11.4. The Kier molecular flexibility index (Phi) is 3.82. The molecule has 1 rings (SSSR count). The Hall–Kier alpha value is -0.690. The van der Waals surface area contributed by atoms with Crippen LogP contribution in [0.4, 0.5) is 0 Å². The van der Waals surface area contributed by atoms with Crippen LogP contribution in [0.2, 0.25) is 0 Å². The quantitative estimate of drug-likeness (QED) is 0.418. The lowest BCUT2D eigenvalue weighted by molar-refractivity contribution is -0.137. The van der Waals surface area contributed by atoms with Gasteiger partial charge in [0.15, 0.2) is 0 Å². The van der Waals surface area contributed by atoms with Crippen LogP contribution in [0.5, 0.6) is 0 Å². The number of hydrogen-bond acceptors (Lipinski definition) is 5. The molecule has 0 spiro atoms. The van der Waals surface area contributed by atoms with Crippen molar-refractivity contribution < 1.29 is 25.2 Å². The van der Waals surface area contributed by atoms with Gasteiger partial charge in [-0.1, -0.05) is 0 Å². The second kappa shape index (κ2) is 4.70. The van der Waals surface area contributed by atoms with Gasteiger partial charge < -0.3 is 20.4 Å². The van der Waals surface area contributed by atoms with Gasteiger partial charge in [-0.15, -0.1) is 0 Å². The zero-order valence-corrected chi connectivity index (χ0v) is 7.70. The van der Waals surface area contributed by atoms with Crippen molar-refractivity contribution in [2.75, 3.05) is 19.7 Å². The number of aliphatic carboxylic acids is 1. The third kappa shape index (κ3) is 2.42. The number of carboxylic acid groups (broad SMARTS) is 1. The van der Waals surface area contributed by atoms with Gasteiger partial charge in [0.05, 0.1) is 31.3 Å². The van der Waals surface area contributed by atoms with Crippen molar-refractivity contribution in [1.82, 2.24) is 4.90 Å². The third-order valence-corrected chi connectivity index (χ3v) is 2.48. The summed E-state index contributed by atoms with van der Waals surface area (Å²) in [6, 6.07) is -0.552. The van der Waals surface area contributed by atoms with Gasteiger partial charge in [-0.25, -0.2) is 0 Å². The van der Waals surface area contributed by atoms with E-state index < -0.39 is 24.2 Å². The number of aliphatic hydroxyl groups is 3. The molecule has 0 aromatic heterocycles. The van der Waals surface area contributed by atoms with Crippen LogP contribution in [-0.2, 0) is 4.79 Å². The summed E-state index contributed by atoms with van der Waals surface area (Å²) < 4.78 is 0. The fraction of sp³-hybridized carbons (Fsp3) is 0.875. The van der Waals surface area contributed by atoms with Gasteiger partial charge >= 0.3 is 5.97 Å². The average Bonchev–Trinajstić information content (AvgIpc) is 2.39. The Bertz CT molecular complexity index is 210. The molecule has 3 atom stereocenters. The van der Waals surface area contributed by atoms with Crippen LogP contribution in [0, 0.1) is 0 Å². The van der Waals surface area contributed by atoms with Crippen molar-refractivity contribution in [3.63, 3.8) is 0 Å². The maximum atomic E-state index is 10.3. The number of β-amino-alcohol motifs (C(OH)–C–C–N with tert-alkyl or cyclic N) is 1. The Morgan fingerprint density at radius 3 is 2.57 bits per heavy atom. The third-order valence-electron chi connectivity index (χ3n) is 2.48. The highest BCUT2D eigenvalue weighted by Crippen LogP contribution is 2.18. The van der Waals surface area contributed by atoms with Crippen molar-refractivity contribution in [2.24, 2.45) is 0 Å². The highest BCUT2D eigenvalue weighted by molar-refractivity contribution is 5.66. The second-order valence-electron chi connectivity index (χ2n) is 3.45. The predicted molar refractivity (Wildman–Crippen MR) is 46.7 cm³/mol. The maximum absolute atomic E-state index is 10.3. The van der Waals surface area contributed by atoms with Crippen LogP contribution in [0.15, 0.2) is 0 Å². The van der Waals surface area contributed by atoms with Crippen LogP contribution >= 0.6 is 0 Å². The first-order valence-electron chi connectivity index (χ1n) is 4.49. The van der Waals surface area contributed by atoms with E-state index >= 15 is 0 Å². The predicted octanol–water partition coefficient (Wildman–Crippen LogP) is -2.14. The van der Waals surface area contributed by atoms with Gasteiger partial charge in [-0.3, -0.25) is 9.69 Å². The summed E-state index contributed by atoms with van der Waals surface area (Å²) in [6.45, 7) is 0.159. The Morgan fingerprint density at radius 2 is 2.07 bits per heavy atom. The van der Waals surface area contributed by atoms with Gasteiger partial charge in [0.1, 0.15) is 0 Å². The van der Waals surface area contributed by atoms with Gasteiger partial charge in [0.2, 0.25) is 0 Å². The van der Waals surface area contributed by atoms with Crippen LogP contribution in [0.3, 0.4) is 0 Å². The molecule has 1 aliphatic rings. The van der Waals surface area contributed by atoms with Crippen molar-refractivity contribution in [2.45, 2.75) is 24.7 Å². The van der Waals surface area contributed by atoms with Crippen LogP contribution in [0.1, 0.15) is 6.42 Å². The summed E-state index contributed by atoms with van der Waals surface area (Å²) in [6.07, 6.45) is -1.95. The Labute approximate surface area is 81.4 Å².